The van der Waals surface area contributed by atoms with E-state index < -0.39 is 31.7 Å². The molecular weight excluding hydrogens is 704 g/mol. The van der Waals surface area contributed by atoms with Gasteiger partial charge in [-0.2, -0.15) is 26.7 Å². The highest BCUT2D eigenvalue weighted by atomic mass is 32.2. The number of sulfonamides is 1. The monoisotopic (exact) mass is 738 g/mol. The fourth-order valence-electron chi connectivity index (χ4n) is 5.16. The Bertz CT molecular complexity index is 2310. The average Bonchev–Trinajstić information content (AvgIpc) is 3.70. The van der Waals surface area contributed by atoms with Crippen LogP contribution in [0.15, 0.2) is 119 Å². The van der Waals surface area contributed by atoms with Gasteiger partial charge in [0.2, 0.25) is 0 Å². The largest absolute Gasteiger partial charge is 0.457 e. The quantitative estimate of drug-likeness (QED) is 0.133. The molecule has 0 unspecified atom stereocenters. The van der Waals surface area contributed by atoms with Crippen molar-refractivity contribution < 1.29 is 43.4 Å². The van der Waals surface area contributed by atoms with Gasteiger partial charge in [0.25, 0.3) is 0 Å². The highest BCUT2D eigenvalue weighted by molar-refractivity contribution is 7.90. The molecule has 266 valence electrons. The molecule has 1 aliphatic rings. The van der Waals surface area contributed by atoms with Crippen LogP contribution >= 0.6 is 0 Å². The summed E-state index contributed by atoms with van der Waals surface area (Å²) in [5.74, 6) is -0.353. The lowest BCUT2D eigenvalue weighted by atomic mass is 9.97. The lowest BCUT2D eigenvalue weighted by Gasteiger charge is -2.22. The minimum Gasteiger partial charge on any atom is -0.457 e. The molecule has 0 spiro atoms. The van der Waals surface area contributed by atoms with Gasteiger partial charge in [0.05, 0.1) is 43.0 Å². The Hall–Kier alpha value is -5.05. The lowest BCUT2D eigenvalue weighted by Crippen LogP contribution is -2.40. The summed E-state index contributed by atoms with van der Waals surface area (Å²) in [5, 5.41) is 3.73. The third kappa shape index (κ3) is 8.14. The first-order valence-electron chi connectivity index (χ1n) is 15.4. The predicted molar refractivity (Wildman–Crippen MR) is 188 cm³/mol. The number of nitrogens with zero attached hydrogens (tertiary/aromatic N) is 3. The number of esters is 1. The minimum atomic E-state index is -4.60. The molecule has 5 aromatic rings. The molecular formula is C37H35F3N3O6S2+. The number of hydrogen-bond acceptors (Lipinski definition) is 7. The summed E-state index contributed by atoms with van der Waals surface area (Å²) in [6.45, 7) is 2.08. The lowest BCUT2D eigenvalue weighted by molar-refractivity contribution is -0.739. The first kappa shape index (κ1) is 37.2. The fraction of sp³-hybridized carbons (Fsp3) is 0.189. The molecule has 0 aliphatic carbocycles. The van der Waals surface area contributed by atoms with Crippen LogP contribution in [0.5, 0.6) is 0 Å². The molecule has 0 bridgehead atoms. The van der Waals surface area contributed by atoms with Crippen LogP contribution in [0.2, 0.25) is 0 Å². The second-order valence-corrected chi connectivity index (χ2v) is 17.2. The van der Waals surface area contributed by atoms with Crippen molar-refractivity contribution >= 4 is 37.0 Å². The zero-order valence-electron chi connectivity index (χ0n) is 28.3. The van der Waals surface area contributed by atoms with Crippen molar-refractivity contribution in [1.29, 1.82) is 0 Å². The molecule has 6 rings (SSSR count). The van der Waals surface area contributed by atoms with E-state index in [4.69, 9.17) is 4.74 Å². The molecule has 0 fully saturated rings. The zero-order chi connectivity index (χ0) is 37.4. The second kappa shape index (κ2) is 13.9. The van der Waals surface area contributed by atoms with E-state index in [-0.39, 0.29) is 31.9 Å². The molecule has 51 heavy (non-hydrogen) atoms. The van der Waals surface area contributed by atoms with Crippen molar-refractivity contribution in [3.05, 3.63) is 132 Å². The van der Waals surface area contributed by atoms with Gasteiger partial charge in [-0.1, -0.05) is 72.3 Å². The Morgan fingerprint density at radius 1 is 0.745 bits per heavy atom. The molecule has 14 heteroatoms. The maximum atomic E-state index is 13.3. The molecule has 0 saturated heterocycles. The maximum absolute atomic E-state index is 13.3. The molecule has 4 aromatic carbocycles. The Balaban J connectivity index is 0.000000205. The fourth-order valence-corrected chi connectivity index (χ4v) is 6.90. The second-order valence-electron chi connectivity index (χ2n) is 12.6. The molecule has 2 heterocycles. The summed E-state index contributed by atoms with van der Waals surface area (Å²) in [6, 6.07) is 29.5. The number of carbonyl (C=O) groups is 1. The number of halogens is 3. The SMILES string of the molecule is CS(=O)(=O)c1ccc(C2=C(c3ccccc3)C(=O)OC2)cc1.Cc1ccc(-c2cc(C(F)(F)F)nn2-c2ccc(S(=O)(=O)[N+](C)(C)C)cc2)cc1. The van der Waals surface area contributed by atoms with Gasteiger partial charge in [-0.3, -0.25) is 0 Å². The number of aryl methyl sites for hydroxylation is 1. The third-order valence-electron chi connectivity index (χ3n) is 7.99. The van der Waals surface area contributed by atoms with Gasteiger partial charge >= 0.3 is 22.2 Å². The number of cyclic esters (lactones) is 1. The Kier molecular flexibility index (Phi) is 10.2. The first-order valence-corrected chi connectivity index (χ1v) is 18.8. The van der Waals surface area contributed by atoms with Crippen LogP contribution in [0.3, 0.4) is 0 Å². The number of carbonyl (C=O) groups excluding carboxylic acids is 1. The van der Waals surface area contributed by atoms with E-state index >= 15 is 0 Å². The summed E-state index contributed by atoms with van der Waals surface area (Å²) >= 11 is 0. The molecule has 0 N–H and O–H groups in total. The summed E-state index contributed by atoms with van der Waals surface area (Å²) < 4.78 is 94.0. The summed E-state index contributed by atoms with van der Waals surface area (Å²) in [5.41, 5.74) is 4.02. The van der Waals surface area contributed by atoms with Gasteiger partial charge < -0.3 is 4.74 Å². The van der Waals surface area contributed by atoms with E-state index in [0.717, 1.165) is 28.3 Å². The number of alkyl halides is 3. The minimum absolute atomic E-state index is 0.0776. The highest BCUT2D eigenvalue weighted by Crippen LogP contribution is 2.35. The molecule has 1 aliphatic heterocycles. The van der Waals surface area contributed by atoms with Gasteiger partial charge in [0.1, 0.15) is 11.5 Å². The zero-order valence-corrected chi connectivity index (χ0v) is 30.0. The number of aromatic nitrogens is 2. The van der Waals surface area contributed by atoms with Gasteiger partial charge in [-0.15, -0.1) is 0 Å². The van der Waals surface area contributed by atoms with E-state index in [9.17, 15) is 34.8 Å². The van der Waals surface area contributed by atoms with Crippen LogP contribution in [-0.4, -0.2) is 70.5 Å². The molecule has 0 atom stereocenters. The Labute approximate surface area is 294 Å². The van der Waals surface area contributed by atoms with Crippen molar-refractivity contribution in [1.82, 2.24) is 9.78 Å². The summed E-state index contributed by atoms with van der Waals surface area (Å²) in [6.07, 6.45) is -3.43. The van der Waals surface area contributed by atoms with Crippen molar-refractivity contribution in [2.75, 3.05) is 34.0 Å². The van der Waals surface area contributed by atoms with Crippen LogP contribution < -0.4 is 0 Å². The van der Waals surface area contributed by atoms with Crippen LogP contribution in [0.4, 0.5) is 13.2 Å². The Morgan fingerprint density at radius 3 is 1.82 bits per heavy atom. The van der Waals surface area contributed by atoms with Gasteiger partial charge in [-0.05, 0) is 60.5 Å². The first-order chi connectivity index (χ1) is 23.8. The average molecular weight is 739 g/mol. The van der Waals surface area contributed by atoms with Crippen LogP contribution in [-0.2, 0) is 35.6 Å². The van der Waals surface area contributed by atoms with E-state index in [2.05, 4.69) is 5.10 Å². The number of sulfone groups is 1. The normalized spacial score (nSPS) is 13.8. The van der Waals surface area contributed by atoms with Gasteiger partial charge in [-0.25, -0.2) is 21.8 Å². The van der Waals surface area contributed by atoms with Crippen LogP contribution in [0, 0.1) is 6.92 Å². The number of benzene rings is 4. The van der Waals surface area contributed by atoms with Crippen LogP contribution in [0.25, 0.3) is 28.1 Å². The van der Waals surface area contributed by atoms with E-state index in [1.807, 2.05) is 37.3 Å². The topological polar surface area (TPSA) is 112 Å². The van der Waals surface area contributed by atoms with Crippen molar-refractivity contribution in [3.8, 4) is 16.9 Å². The number of ether oxygens (including phenoxy) is 1. The summed E-state index contributed by atoms with van der Waals surface area (Å²) in [4.78, 5) is 12.3. The highest BCUT2D eigenvalue weighted by Gasteiger charge is 2.36. The van der Waals surface area contributed by atoms with Crippen LogP contribution in [0.1, 0.15) is 22.4 Å². The van der Waals surface area contributed by atoms with Crippen molar-refractivity contribution in [2.24, 2.45) is 0 Å². The van der Waals surface area contributed by atoms with Gasteiger partial charge in [0.15, 0.2) is 15.5 Å². The molecule has 0 saturated carbocycles. The van der Waals surface area contributed by atoms with Crippen molar-refractivity contribution in [3.63, 3.8) is 0 Å². The molecule has 9 nitrogen and oxygen atoms in total. The van der Waals surface area contributed by atoms with E-state index in [1.165, 1.54) is 56.3 Å². The Morgan fingerprint density at radius 2 is 1.29 bits per heavy atom. The number of rotatable bonds is 7. The maximum Gasteiger partial charge on any atom is 0.435 e. The third-order valence-corrected chi connectivity index (χ3v) is 11.4. The van der Waals surface area contributed by atoms with Gasteiger partial charge in [0, 0.05) is 17.4 Å². The standard InChI is InChI=1S/C20H21F3N3O2S.C17H14O4S/c1-14-5-7-15(8-6-14)18-13-19(20(21,22)23)24-25(18)16-9-11-17(12-10-16)29(27,28)26(2,3)4;1-22(19,20)14-9-7-12(8-10-14)15-11-21-17(18)16(15)13-5-3-2-4-6-13/h5-13H,1-4H3;2-10H,11H2,1H3/q+1;. The smallest absolute Gasteiger partial charge is 0.435 e. The molecule has 0 amide bonds. The number of hydrogen-bond donors (Lipinski definition) is 0. The van der Waals surface area contributed by atoms with E-state index in [0.29, 0.717) is 16.8 Å². The van der Waals surface area contributed by atoms with Crippen molar-refractivity contribution in [2.45, 2.75) is 22.9 Å². The van der Waals surface area contributed by atoms with E-state index in [1.54, 1.807) is 48.5 Å². The molecule has 0 radical (unpaired) electrons. The predicted octanol–water partition coefficient (Wildman–Crippen LogP) is 6.82. The molecule has 1 aromatic heterocycles. The summed E-state index contributed by atoms with van der Waals surface area (Å²) in [7, 11) is -2.28. The number of quaternary nitrogens is 1.